The van der Waals surface area contributed by atoms with E-state index >= 15 is 0 Å². The minimum Gasteiger partial charge on any atom is -0.135 e. The highest BCUT2D eigenvalue weighted by molar-refractivity contribution is 7.23. The standard InChI is InChI=1S/C42H32S2/c1-21-15-23(3)35(24(4)16-21)37-29-19-32-30(20-31(29)41-39(37)27-11-7-9-13-33(27)43-41)38(36-25(5)17-22(2)18-26(36)6)40-28-12-8-10-14-34(28)44-42(32)40/h7-20H,1-6H3. The summed E-state index contributed by atoms with van der Waals surface area (Å²) < 4.78 is 2.73. The molecule has 5 aromatic carbocycles. The minimum atomic E-state index is 1.32. The van der Waals surface area contributed by atoms with E-state index in [1.54, 1.807) is 0 Å². The summed E-state index contributed by atoms with van der Waals surface area (Å²) in [5, 5.41) is 5.51. The zero-order chi connectivity index (χ0) is 30.0. The van der Waals surface area contributed by atoms with E-state index in [9.17, 15) is 0 Å². The topological polar surface area (TPSA) is 0 Å². The Balaban J connectivity index is 1.50. The van der Waals surface area contributed by atoms with Crippen molar-refractivity contribution >= 4 is 54.0 Å². The Bertz CT molecular complexity index is 2320. The quantitative estimate of drug-likeness (QED) is 0.185. The number of aryl methyl sites for hydroxylation is 6. The van der Waals surface area contributed by atoms with Gasteiger partial charge >= 0.3 is 0 Å². The monoisotopic (exact) mass is 600 g/mol. The second-order valence-corrected chi connectivity index (χ2v) is 14.9. The molecule has 2 aromatic heterocycles. The van der Waals surface area contributed by atoms with Crippen LogP contribution in [0.5, 0.6) is 0 Å². The average molecular weight is 601 g/mol. The van der Waals surface area contributed by atoms with Crippen LogP contribution in [0, 0.1) is 41.5 Å². The summed E-state index contributed by atoms with van der Waals surface area (Å²) in [4.78, 5) is 2.82. The molecule has 0 nitrogen and oxygen atoms in total. The maximum absolute atomic E-state index is 2.56. The van der Waals surface area contributed by atoms with Crippen molar-refractivity contribution in [3.63, 3.8) is 0 Å². The van der Waals surface area contributed by atoms with Crippen molar-refractivity contribution in [3.05, 3.63) is 151 Å². The van der Waals surface area contributed by atoms with Crippen LogP contribution >= 0.6 is 22.7 Å². The van der Waals surface area contributed by atoms with Gasteiger partial charge in [0.15, 0.2) is 0 Å². The summed E-state index contributed by atoms with van der Waals surface area (Å²) in [5.74, 6) is 0. The molecule has 7 aromatic rings. The van der Waals surface area contributed by atoms with E-state index in [4.69, 9.17) is 0 Å². The van der Waals surface area contributed by atoms with Crippen LogP contribution < -0.4 is 10.4 Å². The summed E-state index contributed by atoms with van der Waals surface area (Å²) in [6.07, 6.45) is 0. The average Bonchev–Trinajstić information content (AvgIpc) is 3.69. The van der Waals surface area contributed by atoms with Gasteiger partial charge in [-0.3, -0.25) is 0 Å². The van der Waals surface area contributed by atoms with E-state index in [-0.39, 0.29) is 0 Å². The van der Waals surface area contributed by atoms with Gasteiger partial charge in [-0.1, -0.05) is 71.8 Å². The minimum absolute atomic E-state index is 1.32. The number of thiophene rings is 2. The van der Waals surface area contributed by atoms with Gasteiger partial charge in [0.2, 0.25) is 0 Å². The molecule has 0 amide bonds. The molecule has 0 saturated heterocycles. The molecule has 0 N–H and O–H groups in total. The fraction of sp³-hybridized carbons (Fsp3) is 0.143. The lowest BCUT2D eigenvalue weighted by molar-refractivity contribution is 1.28. The van der Waals surface area contributed by atoms with Crippen LogP contribution in [0.2, 0.25) is 0 Å². The molecule has 0 radical (unpaired) electrons. The first-order chi connectivity index (χ1) is 21.3. The lowest BCUT2D eigenvalue weighted by Crippen LogP contribution is -2.16. The Morgan fingerprint density at radius 1 is 0.409 bits per heavy atom. The van der Waals surface area contributed by atoms with E-state index in [0.29, 0.717) is 0 Å². The highest BCUT2D eigenvalue weighted by Gasteiger charge is 2.33. The van der Waals surface area contributed by atoms with Gasteiger partial charge in [0.25, 0.3) is 0 Å². The van der Waals surface area contributed by atoms with Crippen molar-refractivity contribution in [2.45, 2.75) is 41.5 Å². The summed E-state index contributed by atoms with van der Waals surface area (Å²) >= 11 is 3.91. The first-order valence-electron chi connectivity index (χ1n) is 15.4. The molecular formula is C42H32S2. The van der Waals surface area contributed by atoms with E-state index < -0.39 is 0 Å². The van der Waals surface area contributed by atoms with Crippen LogP contribution in [-0.2, 0) is 0 Å². The van der Waals surface area contributed by atoms with Gasteiger partial charge in [-0.2, -0.15) is 0 Å². The fourth-order valence-electron chi connectivity index (χ4n) is 8.29. The molecule has 2 heteroatoms. The second kappa shape index (κ2) is 9.14. The van der Waals surface area contributed by atoms with Crippen LogP contribution in [0.4, 0.5) is 0 Å². The van der Waals surface area contributed by atoms with Gasteiger partial charge in [0, 0.05) is 52.2 Å². The van der Waals surface area contributed by atoms with Crippen molar-refractivity contribution in [3.8, 4) is 20.9 Å². The number of rotatable bonds is 2. The predicted molar refractivity (Wildman–Crippen MR) is 192 cm³/mol. The van der Waals surface area contributed by atoms with Crippen LogP contribution in [-0.4, -0.2) is 0 Å². The highest BCUT2D eigenvalue weighted by atomic mass is 32.1. The van der Waals surface area contributed by atoms with Crippen molar-refractivity contribution in [1.82, 2.24) is 0 Å². The Kier molecular flexibility index (Phi) is 5.44. The highest BCUT2D eigenvalue weighted by Crippen LogP contribution is 2.50. The van der Waals surface area contributed by atoms with E-state index in [1.165, 1.54) is 118 Å². The van der Waals surface area contributed by atoms with Crippen molar-refractivity contribution < 1.29 is 0 Å². The van der Waals surface area contributed by atoms with Crippen molar-refractivity contribution in [2.24, 2.45) is 0 Å². The van der Waals surface area contributed by atoms with E-state index in [0.717, 1.165) is 0 Å². The largest absolute Gasteiger partial charge is 0.135 e. The van der Waals surface area contributed by atoms with E-state index in [2.05, 4.69) is 126 Å². The third-order valence-electron chi connectivity index (χ3n) is 9.73. The van der Waals surface area contributed by atoms with Gasteiger partial charge in [-0.15, -0.1) is 22.7 Å². The van der Waals surface area contributed by atoms with Crippen molar-refractivity contribution in [1.29, 1.82) is 0 Å². The summed E-state index contributed by atoms with van der Waals surface area (Å²) in [7, 11) is 0. The lowest BCUT2D eigenvalue weighted by atomic mass is 9.89. The molecule has 0 unspecified atom stereocenters. The molecule has 212 valence electrons. The molecule has 0 saturated carbocycles. The first kappa shape index (κ1) is 26.2. The zero-order valence-corrected chi connectivity index (χ0v) is 27.5. The van der Waals surface area contributed by atoms with Gasteiger partial charge < -0.3 is 0 Å². The molecule has 9 rings (SSSR count). The Hall–Kier alpha value is -4.24. The molecule has 0 fully saturated rings. The SMILES string of the molecule is Cc1cc(C)c(C2=c3cc4c(cc3-c3sc5ccccc5c32)=C(c2c(C)cc(C)cc2C)c2c-4sc3ccccc23)c(C)c1. The molecule has 2 aliphatic rings. The third kappa shape index (κ3) is 3.44. The van der Waals surface area contributed by atoms with Crippen LogP contribution in [0.3, 0.4) is 0 Å². The maximum atomic E-state index is 2.56. The smallest absolute Gasteiger partial charge is 0.0440 e. The molecule has 0 atom stereocenters. The van der Waals surface area contributed by atoms with Gasteiger partial charge in [-0.05, 0) is 121 Å². The third-order valence-corrected chi connectivity index (χ3v) is 12.1. The zero-order valence-electron chi connectivity index (χ0n) is 25.9. The van der Waals surface area contributed by atoms with Crippen LogP contribution in [0.1, 0.15) is 55.6 Å². The van der Waals surface area contributed by atoms with Crippen LogP contribution in [0.15, 0.2) is 84.9 Å². The molecule has 0 spiro atoms. The summed E-state index contributed by atoms with van der Waals surface area (Å²) in [6, 6.07) is 32.5. The normalized spacial score (nSPS) is 13.1. The molecule has 2 aliphatic carbocycles. The van der Waals surface area contributed by atoms with Gasteiger partial charge in [0.1, 0.15) is 0 Å². The number of hydrogen-bond donors (Lipinski definition) is 0. The summed E-state index contributed by atoms with van der Waals surface area (Å²) in [5.41, 5.74) is 19.3. The molecule has 2 heterocycles. The maximum Gasteiger partial charge on any atom is 0.0440 e. The number of hydrogen-bond acceptors (Lipinski definition) is 2. The van der Waals surface area contributed by atoms with Gasteiger partial charge in [-0.25, -0.2) is 0 Å². The molecular weight excluding hydrogens is 569 g/mol. The second-order valence-electron chi connectivity index (χ2n) is 12.8. The molecule has 44 heavy (non-hydrogen) atoms. The van der Waals surface area contributed by atoms with Crippen LogP contribution in [0.25, 0.3) is 52.2 Å². The number of fused-ring (bicyclic) bond motifs is 10. The lowest BCUT2D eigenvalue weighted by Gasteiger charge is -2.14. The van der Waals surface area contributed by atoms with E-state index in [1.807, 2.05) is 22.7 Å². The number of benzene rings is 5. The summed E-state index contributed by atoms with van der Waals surface area (Å²) in [6.45, 7) is 13.6. The Labute approximate surface area is 266 Å². The fourth-order valence-corrected chi connectivity index (χ4v) is 10.8. The van der Waals surface area contributed by atoms with Gasteiger partial charge in [0.05, 0.1) is 0 Å². The molecule has 0 bridgehead atoms. The first-order valence-corrected chi connectivity index (χ1v) is 17.1. The Morgan fingerprint density at radius 2 is 0.773 bits per heavy atom. The molecule has 0 aliphatic heterocycles. The predicted octanol–water partition coefficient (Wildman–Crippen LogP) is 10.4. The Morgan fingerprint density at radius 3 is 1.16 bits per heavy atom. The van der Waals surface area contributed by atoms with Crippen molar-refractivity contribution in [2.75, 3.05) is 0 Å².